The van der Waals surface area contributed by atoms with Crippen LogP contribution in [0.25, 0.3) is 0 Å². The zero-order valence-electron chi connectivity index (χ0n) is 15.3. The molecule has 1 saturated heterocycles. The molecule has 0 radical (unpaired) electrons. The molecule has 2 aliphatic rings. The second kappa shape index (κ2) is 8.33. The lowest BCUT2D eigenvalue weighted by Crippen LogP contribution is -2.52. The third-order valence-electron chi connectivity index (χ3n) is 5.87. The highest BCUT2D eigenvalue weighted by atomic mass is 16.3. The molecular formula is C21H29N3O2. The molecule has 5 nitrogen and oxygen atoms in total. The van der Waals surface area contributed by atoms with Crippen molar-refractivity contribution in [2.75, 3.05) is 13.1 Å². The van der Waals surface area contributed by atoms with Crippen molar-refractivity contribution < 1.29 is 9.52 Å². The third-order valence-corrected chi connectivity index (χ3v) is 5.87. The van der Waals surface area contributed by atoms with E-state index in [0.717, 1.165) is 63.2 Å². The number of pyridine rings is 1. The summed E-state index contributed by atoms with van der Waals surface area (Å²) in [5, 5.41) is 13.6. The number of aliphatic hydroxyl groups excluding tert-OH is 1. The predicted octanol–water partition coefficient (Wildman–Crippen LogP) is 2.61. The third kappa shape index (κ3) is 4.53. The second-order valence-corrected chi connectivity index (χ2v) is 7.81. The zero-order chi connectivity index (χ0) is 17.8. The van der Waals surface area contributed by atoms with Crippen molar-refractivity contribution in [3.05, 3.63) is 54.2 Å². The minimum atomic E-state index is -0.108. The van der Waals surface area contributed by atoms with Gasteiger partial charge in [0, 0.05) is 43.5 Å². The van der Waals surface area contributed by atoms with Gasteiger partial charge < -0.3 is 14.8 Å². The Morgan fingerprint density at radius 3 is 2.69 bits per heavy atom. The van der Waals surface area contributed by atoms with Gasteiger partial charge in [-0.2, -0.15) is 0 Å². The van der Waals surface area contributed by atoms with Crippen LogP contribution in [0, 0.1) is 5.92 Å². The highest BCUT2D eigenvalue weighted by Crippen LogP contribution is 2.32. The molecule has 140 valence electrons. The van der Waals surface area contributed by atoms with Crippen LogP contribution in [0.1, 0.15) is 37.1 Å². The van der Waals surface area contributed by atoms with Gasteiger partial charge in [0.05, 0.1) is 18.9 Å². The molecule has 1 aliphatic heterocycles. The predicted molar refractivity (Wildman–Crippen MR) is 101 cm³/mol. The molecule has 0 aromatic carbocycles. The number of aliphatic hydroxyl groups is 1. The topological polar surface area (TPSA) is 61.5 Å². The molecule has 2 fully saturated rings. The number of hydrogen-bond acceptors (Lipinski definition) is 5. The SMILES string of the molecule is OC1CC([C@@H](Cc2ccccn2)NC2CCN(Cc3ccco3)CC2)C1. The van der Waals surface area contributed by atoms with Gasteiger partial charge in [-0.1, -0.05) is 6.07 Å². The Bertz CT molecular complexity index is 647. The molecule has 2 N–H and O–H groups in total. The van der Waals surface area contributed by atoms with Crippen LogP contribution < -0.4 is 5.32 Å². The van der Waals surface area contributed by atoms with E-state index in [2.05, 4.69) is 33.4 Å². The summed E-state index contributed by atoms with van der Waals surface area (Å²) in [4.78, 5) is 6.97. The van der Waals surface area contributed by atoms with Gasteiger partial charge in [-0.3, -0.25) is 9.88 Å². The Morgan fingerprint density at radius 2 is 2.04 bits per heavy atom. The molecule has 4 rings (SSSR count). The molecule has 1 saturated carbocycles. The lowest BCUT2D eigenvalue weighted by atomic mass is 9.75. The van der Waals surface area contributed by atoms with Gasteiger partial charge >= 0.3 is 0 Å². The number of hydrogen-bond donors (Lipinski definition) is 2. The second-order valence-electron chi connectivity index (χ2n) is 7.81. The first kappa shape index (κ1) is 17.7. The van der Waals surface area contributed by atoms with Crippen LogP contribution in [0.2, 0.25) is 0 Å². The molecule has 1 atom stereocenters. The van der Waals surface area contributed by atoms with Crippen molar-refractivity contribution in [1.82, 2.24) is 15.2 Å². The van der Waals surface area contributed by atoms with E-state index in [1.54, 1.807) is 6.26 Å². The van der Waals surface area contributed by atoms with E-state index < -0.39 is 0 Å². The summed E-state index contributed by atoms with van der Waals surface area (Å²) in [6.07, 6.45) is 8.62. The van der Waals surface area contributed by atoms with E-state index >= 15 is 0 Å². The van der Waals surface area contributed by atoms with E-state index in [1.165, 1.54) is 0 Å². The fourth-order valence-corrected chi connectivity index (χ4v) is 4.25. The molecule has 0 amide bonds. The van der Waals surface area contributed by atoms with Crippen molar-refractivity contribution in [3.63, 3.8) is 0 Å². The molecule has 0 bridgehead atoms. The lowest BCUT2D eigenvalue weighted by molar-refractivity contribution is 0.0198. The van der Waals surface area contributed by atoms with E-state index in [9.17, 15) is 5.11 Å². The fourth-order valence-electron chi connectivity index (χ4n) is 4.25. The van der Waals surface area contributed by atoms with Gasteiger partial charge in [-0.15, -0.1) is 0 Å². The van der Waals surface area contributed by atoms with Crippen LogP contribution in [-0.4, -0.2) is 46.3 Å². The Kier molecular flexibility index (Phi) is 5.68. The van der Waals surface area contributed by atoms with Crippen molar-refractivity contribution in [2.24, 2.45) is 5.92 Å². The highest BCUT2D eigenvalue weighted by molar-refractivity contribution is 5.07. The number of furan rings is 1. The first-order chi connectivity index (χ1) is 12.8. The first-order valence-corrected chi connectivity index (χ1v) is 9.85. The zero-order valence-corrected chi connectivity index (χ0v) is 15.3. The Morgan fingerprint density at radius 1 is 1.19 bits per heavy atom. The molecule has 5 heteroatoms. The summed E-state index contributed by atoms with van der Waals surface area (Å²) in [7, 11) is 0. The monoisotopic (exact) mass is 355 g/mol. The lowest BCUT2D eigenvalue weighted by Gasteiger charge is -2.41. The minimum Gasteiger partial charge on any atom is -0.468 e. The molecular weight excluding hydrogens is 326 g/mol. The normalized spacial score (nSPS) is 25.7. The summed E-state index contributed by atoms with van der Waals surface area (Å²) in [6.45, 7) is 3.11. The molecule has 3 heterocycles. The summed E-state index contributed by atoms with van der Waals surface area (Å²) in [5.74, 6) is 1.61. The van der Waals surface area contributed by atoms with Gasteiger partial charge in [-0.05, 0) is 55.9 Å². The van der Waals surface area contributed by atoms with E-state index in [1.807, 2.05) is 18.3 Å². The maximum atomic E-state index is 9.74. The maximum absolute atomic E-state index is 9.74. The number of aromatic nitrogens is 1. The van der Waals surface area contributed by atoms with Gasteiger partial charge in [-0.25, -0.2) is 0 Å². The number of rotatable bonds is 7. The Labute approximate surface area is 155 Å². The average Bonchev–Trinajstić information content (AvgIpc) is 3.14. The number of piperidine rings is 1. The molecule has 2 aromatic rings. The Balaban J connectivity index is 1.30. The average molecular weight is 355 g/mol. The molecule has 1 aliphatic carbocycles. The highest BCUT2D eigenvalue weighted by Gasteiger charge is 2.35. The van der Waals surface area contributed by atoms with Crippen molar-refractivity contribution in [1.29, 1.82) is 0 Å². The van der Waals surface area contributed by atoms with E-state index in [0.29, 0.717) is 18.0 Å². The summed E-state index contributed by atoms with van der Waals surface area (Å²) < 4.78 is 5.47. The maximum Gasteiger partial charge on any atom is 0.117 e. The fraction of sp³-hybridized carbons (Fsp3) is 0.571. The number of nitrogens with one attached hydrogen (secondary N) is 1. The van der Waals surface area contributed by atoms with Crippen LogP contribution in [0.15, 0.2) is 47.2 Å². The van der Waals surface area contributed by atoms with Crippen LogP contribution in [-0.2, 0) is 13.0 Å². The quantitative estimate of drug-likeness (QED) is 0.799. The minimum absolute atomic E-state index is 0.108. The van der Waals surface area contributed by atoms with E-state index in [-0.39, 0.29) is 6.10 Å². The van der Waals surface area contributed by atoms with Crippen molar-refractivity contribution in [2.45, 2.75) is 56.8 Å². The van der Waals surface area contributed by atoms with Crippen LogP contribution >= 0.6 is 0 Å². The van der Waals surface area contributed by atoms with Crippen molar-refractivity contribution in [3.8, 4) is 0 Å². The standard InChI is InChI=1S/C21H29N3O2/c25-19-12-16(13-19)21(14-18-4-1-2-8-22-18)23-17-6-9-24(10-7-17)15-20-5-3-11-26-20/h1-5,8,11,16-17,19,21,23,25H,6-7,9-10,12-15H2/t16?,19?,21-/m1/s1. The molecule has 26 heavy (non-hydrogen) atoms. The largest absolute Gasteiger partial charge is 0.468 e. The van der Waals surface area contributed by atoms with Crippen LogP contribution in [0.4, 0.5) is 0 Å². The summed E-state index contributed by atoms with van der Waals surface area (Å²) in [5.41, 5.74) is 1.14. The smallest absolute Gasteiger partial charge is 0.117 e. The van der Waals surface area contributed by atoms with Crippen LogP contribution in [0.5, 0.6) is 0 Å². The van der Waals surface area contributed by atoms with Gasteiger partial charge in [0.15, 0.2) is 0 Å². The molecule has 0 unspecified atom stereocenters. The molecule has 2 aromatic heterocycles. The Hall–Kier alpha value is -1.69. The van der Waals surface area contributed by atoms with E-state index in [4.69, 9.17) is 4.42 Å². The number of nitrogens with zero attached hydrogens (tertiary/aromatic N) is 2. The van der Waals surface area contributed by atoms with Gasteiger partial charge in [0.2, 0.25) is 0 Å². The van der Waals surface area contributed by atoms with Gasteiger partial charge in [0.25, 0.3) is 0 Å². The van der Waals surface area contributed by atoms with Crippen molar-refractivity contribution >= 4 is 0 Å². The number of likely N-dealkylation sites (tertiary alicyclic amines) is 1. The summed E-state index contributed by atoms with van der Waals surface area (Å²) in [6, 6.07) is 11.1. The van der Waals surface area contributed by atoms with Gasteiger partial charge in [0.1, 0.15) is 5.76 Å². The first-order valence-electron chi connectivity index (χ1n) is 9.85. The summed E-state index contributed by atoms with van der Waals surface area (Å²) >= 11 is 0. The molecule has 0 spiro atoms. The van der Waals surface area contributed by atoms with Crippen LogP contribution in [0.3, 0.4) is 0 Å².